The maximum atomic E-state index is 4.13. The van der Waals surface area contributed by atoms with Gasteiger partial charge in [-0.05, 0) is 58.0 Å². The summed E-state index contributed by atoms with van der Waals surface area (Å²) in [7, 11) is 0. The number of hydrogen-bond donors (Lipinski definition) is 0. The quantitative estimate of drug-likeness (QED) is 0.614. The number of hydrogen-bond acceptors (Lipinski definition) is 0. The van der Waals surface area contributed by atoms with E-state index in [0.717, 1.165) is 33.4 Å². The largest absolute Gasteiger partial charge is 0.0984 e. The Hall–Kier alpha value is -2.34. The summed E-state index contributed by atoms with van der Waals surface area (Å²) in [5.74, 6) is 0. The van der Waals surface area contributed by atoms with E-state index >= 15 is 0 Å². The number of allylic oxidation sites excluding steroid dienone is 2. The Morgan fingerprint density at radius 2 is 1.15 bits per heavy atom. The lowest BCUT2D eigenvalue weighted by molar-refractivity contribution is 1.52. The summed E-state index contributed by atoms with van der Waals surface area (Å²) in [4.78, 5) is 0. The molecule has 0 heteroatoms. The van der Waals surface area contributed by atoms with Gasteiger partial charge in [-0.3, -0.25) is 0 Å². The Labute approximate surface area is 121 Å². The SMILES string of the molecule is C=Cc1c(C=C)c(C(=C)C)c2ccccc2c1C(=C)C. The molecule has 0 unspecified atom stereocenters. The van der Waals surface area contributed by atoms with Crippen LogP contribution in [0.5, 0.6) is 0 Å². The van der Waals surface area contributed by atoms with Crippen molar-refractivity contribution in [1.29, 1.82) is 0 Å². The monoisotopic (exact) mass is 260 g/mol. The third kappa shape index (κ3) is 2.04. The van der Waals surface area contributed by atoms with Crippen LogP contribution < -0.4 is 0 Å². The van der Waals surface area contributed by atoms with E-state index in [4.69, 9.17) is 0 Å². The van der Waals surface area contributed by atoms with Crippen LogP contribution in [0.2, 0.25) is 0 Å². The highest BCUT2D eigenvalue weighted by atomic mass is 14.2. The van der Waals surface area contributed by atoms with Crippen LogP contribution in [0.25, 0.3) is 34.1 Å². The third-order valence-corrected chi connectivity index (χ3v) is 3.56. The average Bonchev–Trinajstić information content (AvgIpc) is 2.43. The predicted octanol–water partition coefficient (Wildman–Crippen LogP) is 6.19. The summed E-state index contributed by atoms with van der Waals surface area (Å²) in [6.07, 6.45) is 3.78. The van der Waals surface area contributed by atoms with Gasteiger partial charge >= 0.3 is 0 Å². The lowest BCUT2D eigenvalue weighted by atomic mass is 9.84. The summed E-state index contributed by atoms with van der Waals surface area (Å²) >= 11 is 0. The second-order valence-corrected chi connectivity index (χ2v) is 5.09. The van der Waals surface area contributed by atoms with Crippen molar-refractivity contribution >= 4 is 34.1 Å². The van der Waals surface area contributed by atoms with Crippen LogP contribution in [-0.4, -0.2) is 0 Å². The molecule has 0 atom stereocenters. The standard InChI is InChI=1S/C20H20/c1-7-15-16(8-2)20(14(5)6)18-12-10-9-11-17(18)19(15)13(3)4/h7-12H,1-3,5H2,4,6H3. The molecule has 0 nitrogen and oxygen atoms in total. The van der Waals surface area contributed by atoms with Crippen molar-refractivity contribution < 1.29 is 0 Å². The highest BCUT2D eigenvalue weighted by Gasteiger charge is 2.16. The van der Waals surface area contributed by atoms with Gasteiger partial charge < -0.3 is 0 Å². The van der Waals surface area contributed by atoms with E-state index in [1.807, 2.05) is 26.0 Å². The lowest BCUT2D eigenvalue weighted by Gasteiger charge is -2.19. The van der Waals surface area contributed by atoms with Crippen LogP contribution in [-0.2, 0) is 0 Å². The van der Waals surface area contributed by atoms with Gasteiger partial charge in [-0.15, -0.1) is 0 Å². The minimum absolute atomic E-state index is 1.03. The zero-order valence-electron chi connectivity index (χ0n) is 12.3. The Balaban J connectivity index is 3.17. The Bertz CT molecular complexity index is 678. The molecule has 2 aromatic rings. The van der Waals surface area contributed by atoms with Gasteiger partial charge in [-0.25, -0.2) is 0 Å². The maximum Gasteiger partial charge on any atom is -0.00758 e. The highest BCUT2D eigenvalue weighted by Crippen LogP contribution is 2.38. The maximum absolute atomic E-state index is 4.13. The molecule has 0 saturated heterocycles. The van der Waals surface area contributed by atoms with Gasteiger partial charge in [0.1, 0.15) is 0 Å². The van der Waals surface area contributed by atoms with Gasteiger partial charge in [0.25, 0.3) is 0 Å². The van der Waals surface area contributed by atoms with Gasteiger partial charge in [0.2, 0.25) is 0 Å². The summed E-state index contributed by atoms with van der Waals surface area (Å²) in [6.45, 7) is 20.3. The minimum atomic E-state index is 1.03. The van der Waals surface area contributed by atoms with E-state index in [1.54, 1.807) is 0 Å². The van der Waals surface area contributed by atoms with Crippen molar-refractivity contribution in [2.24, 2.45) is 0 Å². The minimum Gasteiger partial charge on any atom is -0.0984 e. The van der Waals surface area contributed by atoms with E-state index in [1.165, 1.54) is 10.8 Å². The molecule has 0 radical (unpaired) electrons. The van der Waals surface area contributed by atoms with Crippen LogP contribution in [0.15, 0.2) is 50.6 Å². The summed E-state index contributed by atoms with van der Waals surface area (Å²) in [5.41, 5.74) is 6.54. The van der Waals surface area contributed by atoms with Crippen LogP contribution in [0.4, 0.5) is 0 Å². The van der Waals surface area contributed by atoms with Crippen LogP contribution >= 0.6 is 0 Å². The third-order valence-electron chi connectivity index (χ3n) is 3.56. The molecule has 0 N–H and O–H groups in total. The van der Waals surface area contributed by atoms with E-state index in [0.29, 0.717) is 0 Å². The molecule has 0 aromatic heterocycles. The first-order valence-corrected chi connectivity index (χ1v) is 6.68. The van der Waals surface area contributed by atoms with Gasteiger partial charge in [0, 0.05) is 0 Å². The van der Waals surface area contributed by atoms with E-state index in [-0.39, 0.29) is 0 Å². The smallest absolute Gasteiger partial charge is 0.00758 e. The topological polar surface area (TPSA) is 0 Å². The molecule has 20 heavy (non-hydrogen) atoms. The fourth-order valence-corrected chi connectivity index (χ4v) is 2.82. The van der Waals surface area contributed by atoms with Crippen molar-refractivity contribution in [1.82, 2.24) is 0 Å². The normalized spacial score (nSPS) is 10.3. The molecule has 0 aliphatic carbocycles. The zero-order valence-corrected chi connectivity index (χ0v) is 12.3. The molecule has 0 amide bonds. The van der Waals surface area contributed by atoms with Crippen molar-refractivity contribution in [3.63, 3.8) is 0 Å². The van der Waals surface area contributed by atoms with E-state index < -0.39 is 0 Å². The molecule has 2 aromatic carbocycles. The summed E-state index contributed by atoms with van der Waals surface area (Å²) in [5, 5.41) is 2.39. The first-order chi connectivity index (χ1) is 9.52. The molecular weight excluding hydrogens is 240 g/mol. The Morgan fingerprint density at radius 1 is 0.800 bits per heavy atom. The van der Waals surface area contributed by atoms with E-state index in [2.05, 4.69) is 50.6 Å². The van der Waals surface area contributed by atoms with Crippen molar-refractivity contribution in [2.75, 3.05) is 0 Å². The van der Waals surface area contributed by atoms with Crippen LogP contribution in [0.3, 0.4) is 0 Å². The second-order valence-electron chi connectivity index (χ2n) is 5.09. The molecule has 2 rings (SSSR count). The molecule has 0 aliphatic heterocycles. The molecule has 0 bridgehead atoms. The number of rotatable bonds is 4. The molecule has 0 spiro atoms. The van der Waals surface area contributed by atoms with Crippen molar-refractivity contribution in [3.8, 4) is 0 Å². The molecule has 0 heterocycles. The van der Waals surface area contributed by atoms with Gasteiger partial charge in [-0.1, -0.05) is 62.7 Å². The molecule has 0 aliphatic rings. The highest BCUT2D eigenvalue weighted by molar-refractivity contribution is 6.05. The molecule has 0 fully saturated rings. The van der Waals surface area contributed by atoms with Crippen molar-refractivity contribution in [2.45, 2.75) is 13.8 Å². The van der Waals surface area contributed by atoms with Crippen LogP contribution in [0.1, 0.15) is 36.1 Å². The van der Waals surface area contributed by atoms with E-state index in [9.17, 15) is 0 Å². The lowest BCUT2D eigenvalue weighted by Crippen LogP contribution is -1.98. The Morgan fingerprint density at radius 3 is 1.40 bits per heavy atom. The average molecular weight is 260 g/mol. The Kier molecular flexibility index (Phi) is 3.76. The summed E-state index contributed by atoms with van der Waals surface area (Å²) in [6, 6.07) is 8.37. The molecular formula is C20H20. The fourth-order valence-electron chi connectivity index (χ4n) is 2.82. The molecule has 0 saturated carbocycles. The summed E-state index contributed by atoms with van der Waals surface area (Å²) < 4.78 is 0. The fraction of sp³-hybridized carbons (Fsp3) is 0.100. The first-order valence-electron chi connectivity index (χ1n) is 6.68. The van der Waals surface area contributed by atoms with Crippen molar-refractivity contribution in [3.05, 3.63) is 72.8 Å². The predicted molar refractivity (Wildman–Crippen MR) is 93.5 cm³/mol. The molecule has 100 valence electrons. The number of benzene rings is 2. The van der Waals surface area contributed by atoms with Gasteiger partial charge in [0.15, 0.2) is 0 Å². The zero-order chi connectivity index (χ0) is 14.9. The first kappa shape index (κ1) is 14.1. The second kappa shape index (κ2) is 5.34. The number of fused-ring (bicyclic) bond motifs is 1. The van der Waals surface area contributed by atoms with Crippen LogP contribution in [0, 0.1) is 0 Å². The van der Waals surface area contributed by atoms with Gasteiger partial charge in [-0.2, -0.15) is 0 Å². The van der Waals surface area contributed by atoms with Gasteiger partial charge in [0.05, 0.1) is 0 Å².